The van der Waals surface area contributed by atoms with E-state index in [4.69, 9.17) is 4.74 Å². The highest BCUT2D eigenvalue weighted by molar-refractivity contribution is 5.97. The second kappa shape index (κ2) is 7.62. The molecular weight excluding hydrogens is 326 g/mol. The van der Waals surface area contributed by atoms with Gasteiger partial charge in [-0.1, -0.05) is 30.3 Å². The van der Waals surface area contributed by atoms with Gasteiger partial charge in [0, 0.05) is 31.2 Å². The Morgan fingerprint density at radius 3 is 2.69 bits per heavy atom. The molecule has 1 aromatic heterocycles. The number of hydrogen-bond donors (Lipinski definition) is 1. The summed E-state index contributed by atoms with van der Waals surface area (Å²) in [5.74, 6) is 0.383. The van der Waals surface area contributed by atoms with E-state index in [1.807, 2.05) is 24.3 Å². The Bertz CT molecular complexity index is 892. The Kier molecular flexibility index (Phi) is 4.88. The van der Waals surface area contributed by atoms with Gasteiger partial charge in [-0.3, -0.25) is 14.8 Å². The van der Waals surface area contributed by atoms with E-state index >= 15 is 0 Å². The van der Waals surface area contributed by atoms with Crippen molar-refractivity contribution in [1.29, 1.82) is 0 Å². The van der Waals surface area contributed by atoms with E-state index in [2.05, 4.69) is 27.4 Å². The molecule has 0 saturated carbocycles. The van der Waals surface area contributed by atoms with Gasteiger partial charge in [-0.15, -0.1) is 0 Å². The van der Waals surface area contributed by atoms with Crippen LogP contribution in [0.25, 0.3) is 11.0 Å². The highest BCUT2D eigenvalue weighted by atomic mass is 16.5. The van der Waals surface area contributed by atoms with Crippen LogP contribution >= 0.6 is 0 Å². The normalized spacial score (nSPS) is 17.9. The van der Waals surface area contributed by atoms with Crippen LogP contribution in [0.3, 0.4) is 0 Å². The van der Waals surface area contributed by atoms with Crippen LogP contribution in [0.1, 0.15) is 34.8 Å². The number of fused-ring (bicyclic) bond motifs is 1. The van der Waals surface area contributed by atoms with Gasteiger partial charge in [-0.2, -0.15) is 0 Å². The van der Waals surface area contributed by atoms with Crippen molar-refractivity contribution in [2.75, 3.05) is 13.2 Å². The lowest BCUT2D eigenvalue weighted by Crippen LogP contribution is -2.30. The van der Waals surface area contributed by atoms with Crippen molar-refractivity contribution >= 4 is 16.9 Å². The molecule has 0 unspecified atom stereocenters. The van der Waals surface area contributed by atoms with Gasteiger partial charge >= 0.3 is 0 Å². The van der Waals surface area contributed by atoms with Crippen LogP contribution < -0.4 is 5.32 Å². The highest BCUT2D eigenvalue weighted by Gasteiger charge is 2.23. The highest BCUT2D eigenvalue weighted by Crippen LogP contribution is 2.27. The van der Waals surface area contributed by atoms with Crippen molar-refractivity contribution in [3.05, 3.63) is 72.1 Å². The molecule has 1 aliphatic heterocycles. The number of nitrogens with one attached hydrogen (secondary N) is 1. The Hall–Kier alpha value is -2.79. The molecule has 0 radical (unpaired) electrons. The Balaban J connectivity index is 1.56. The van der Waals surface area contributed by atoms with Gasteiger partial charge in [0.2, 0.25) is 0 Å². The predicted molar refractivity (Wildman–Crippen MR) is 99.7 cm³/mol. The van der Waals surface area contributed by atoms with Crippen molar-refractivity contribution < 1.29 is 9.53 Å². The average molecular weight is 347 g/mol. The predicted octanol–water partition coefficient (Wildman–Crippen LogP) is 3.53. The van der Waals surface area contributed by atoms with Crippen LogP contribution in [-0.2, 0) is 4.74 Å². The molecule has 1 N–H and O–H groups in total. The number of carbonyl (C=O) groups excluding carboxylic acids is 1. The minimum absolute atomic E-state index is 0.0343. The van der Waals surface area contributed by atoms with E-state index in [1.54, 1.807) is 24.5 Å². The van der Waals surface area contributed by atoms with Crippen LogP contribution in [-0.4, -0.2) is 29.1 Å². The summed E-state index contributed by atoms with van der Waals surface area (Å²) in [5, 5.41) is 3.20. The Morgan fingerprint density at radius 1 is 1.12 bits per heavy atom. The third kappa shape index (κ3) is 3.73. The van der Waals surface area contributed by atoms with Crippen LogP contribution in [0, 0.1) is 5.92 Å². The third-order valence-corrected chi connectivity index (χ3v) is 4.83. The van der Waals surface area contributed by atoms with E-state index in [9.17, 15) is 4.79 Å². The lowest BCUT2D eigenvalue weighted by molar-refractivity contribution is 0.0929. The fourth-order valence-corrected chi connectivity index (χ4v) is 3.41. The van der Waals surface area contributed by atoms with E-state index in [0.717, 1.165) is 42.7 Å². The first kappa shape index (κ1) is 16.7. The molecule has 0 spiro atoms. The molecule has 26 heavy (non-hydrogen) atoms. The molecule has 4 rings (SSSR count). The smallest absolute Gasteiger partial charge is 0.251 e. The van der Waals surface area contributed by atoms with Gasteiger partial charge in [0.1, 0.15) is 0 Å². The van der Waals surface area contributed by atoms with Crippen molar-refractivity contribution in [2.24, 2.45) is 5.92 Å². The van der Waals surface area contributed by atoms with Crippen LogP contribution in [0.4, 0.5) is 0 Å². The quantitative estimate of drug-likeness (QED) is 0.767. The molecule has 2 atom stereocenters. The summed E-state index contributed by atoms with van der Waals surface area (Å²) in [6.07, 6.45) is 5.21. The van der Waals surface area contributed by atoms with Gasteiger partial charge in [0.15, 0.2) is 0 Å². The zero-order valence-corrected chi connectivity index (χ0v) is 14.5. The molecular formula is C21H21N3O2. The summed E-state index contributed by atoms with van der Waals surface area (Å²) in [6, 6.07) is 15.5. The number of benzene rings is 2. The molecule has 1 saturated heterocycles. The second-order valence-electron chi connectivity index (χ2n) is 6.66. The van der Waals surface area contributed by atoms with Crippen molar-refractivity contribution in [3.63, 3.8) is 0 Å². The number of ether oxygens (including phenoxy) is 1. The molecule has 2 aromatic carbocycles. The maximum absolute atomic E-state index is 12.9. The number of carbonyl (C=O) groups is 1. The zero-order chi connectivity index (χ0) is 17.8. The molecule has 132 valence electrons. The summed E-state index contributed by atoms with van der Waals surface area (Å²) in [7, 11) is 0. The molecule has 3 aromatic rings. The van der Waals surface area contributed by atoms with Gasteiger partial charge in [0.25, 0.3) is 5.91 Å². The molecule has 1 aliphatic rings. The van der Waals surface area contributed by atoms with E-state index in [0.29, 0.717) is 11.5 Å². The molecule has 0 bridgehead atoms. The third-order valence-electron chi connectivity index (χ3n) is 4.83. The summed E-state index contributed by atoms with van der Waals surface area (Å²) in [6.45, 7) is 1.58. The minimum Gasteiger partial charge on any atom is -0.381 e. The van der Waals surface area contributed by atoms with E-state index in [-0.39, 0.29) is 11.9 Å². The summed E-state index contributed by atoms with van der Waals surface area (Å²) in [4.78, 5) is 21.4. The zero-order valence-electron chi connectivity index (χ0n) is 14.5. The maximum Gasteiger partial charge on any atom is 0.251 e. The monoisotopic (exact) mass is 347 g/mol. The van der Waals surface area contributed by atoms with E-state index in [1.165, 1.54) is 0 Å². The molecule has 1 fully saturated rings. The van der Waals surface area contributed by atoms with Crippen molar-refractivity contribution in [2.45, 2.75) is 18.9 Å². The van der Waals surface area contributed by atoms with Crippen LogP contribution in [0.5, 0.6) is 0 Å². The standard InChI is InChI=1S/C21H21N3O2/c25-21(17-6-7-18-20(13-17)23-10-9-22-18)24-19(12-15-8-11-26-14-15)16-4-2-1-3-5-16/h1-7,9-10,13,15,19H,8,11-12,14H2,(H,24,25)/t15-,19+/m1/s1. The number of amides is 1. The lowest BCUT2D eigenvalue weighted by Gasteiger charge is -2.22. The average Bonchev–Trinajstić information content (AvgIpc) is 3.21. The largest absolute Gasteiger partial charge is 0.381 e. The first-order valence-electron chi connectivity index (χ1n) is 8.94. The molecule has 2 heterocycles. The molecule has 5 nitrogen and oxygen atoms in total. The first-order valence-corrected chi connectivity index (χ1v) is 8.94. The van der Waals surface area contributed by atoms with Crippen molar-refractivity contribution in [3.8, 4) is 0 Å². The van der Waals surface area contributed by atoms with E-state index < -0.39 is 0 Å². The lowest BCUT2D eigenvalue weighted by atomic mass is 9.94. The fourth-order valence-electron chi connectivity index (χ4n) is 3.41. The minimum atomic E-state index is -0.0923. The Morgan fingerprint density at radius 2 is 1.92 bits per heavy atom. The second-order valence-corrected chi connectivity index (χ2v) is 6.66. The Labute approximate surface area is 152 Å². The van der Waals surface area contributed by atoms with Crippen molar-refractivity contribution in [1.82, 2.24) is 15.3 Å². The maximum atomic E-state index is 12.9. The van der Waals surface area contributed by atoms with Crippen LogP contribution in [0.2, 0.25) is 0 Å². The van der Waals surface area contributed by atoms with Crippen LogP contribution in [0.15, 0.2) is 60.9 Å². The molecule has 1 amide bonds. The SMILES string of the molecule is O=C(N[C@@H](C[C@H]1CCOC1)c1ccccc1)c1ccc2nccnc2c1. The number of hydrogen-bond acceptors (Lipinski definition) is 4. The molecule has 0 aliphatic carbocycles. The molecule has 5 heteroatoms. The van der Waals surface area contributed by atoms with Gasteiger partial charge in [-0.05, 0) is 42.5 Å². The first-order chi connectivity index (χ1) is 12.8. The number of nitrogens with zero attached hydrogens (tertiary/aromatic N) is 2. The number of rotatable bonds is 5. The summed E-state index contributed by atoms with van der Waals surface area (Å²) < 4.78 is 5.50. The van der Waals surface area contributed by atoms with Gasteiger partial charge in [0.05, 0.1) is 17.1 Å². The summed E-state index contributed by atoms with van der Waals surface area (Å²) >= 11 is 0. The summed E-state index contributed by atoms with van der Waals surface area (Å²) in [5.41, 5.74) is 3.22. The topological polar surface area (TPSA) is 64.1 Å². The van der Waals surface area contributed by atoms with Gasteiger partial charge in [-0.25, -0.2) is 0 Å². The number of aromatic nitrogens is 2. The fraction of sp³-hybridized carbons (Fsp3) is 0.286. The van der Waals surface area contributed by atoms with Gasteiger partial charge < -0.3 is 10.1 Å².